The van der Waals surface area contributed by atoms with E-state index in [9.17, 15) is 4.79 Å². The number of benzene rings is 3. The Morgan fingerprint density at radius 3 is 2.59 bits per heavy atom. The minimum absolute atomic E-state index is 0.140. The smallest absolute Gasteiger partial charge is 0.244 e. The van der Waals surface area contributed by atoms with Crippen LogP contribution in [0.2, 0.25) is 5.02 Å². The third-order valence-electron chi connectivity index (χ3n) is 4.17. The molecule has 0 aliphatic rings. The number of rotatable bonds is 4. The maximum Gasteiger partial charge on any atom is 0.244 e. The summed E-state index contributed by atoms with van der Waals surface area (Å²) < 4.78 is 2.92. The summed E-state index contributed by atoms with van der Waals surface area (Å²) >= 11 is 9.45. The Bertz CT molecular complexity index is 1120. The fourth-order valence-electron chi connectivity index (χ4n) is 2.97. The zero-order valence-corrected chi connectivity index (χ0v) is 16.5. The Balaban J connectivity index is 1.70. The minimum atomic E-state index is -0.140. The quantitative estimate of drug-likeness (QED) is 0.439. The molecule has 1 heterocycles. The van der Waals surface area contributed by atoms with Gasteiger partial charge >= 0.3 is 0 Å². The molecule has 0 aliphatic carbocycles. The Labute approximate surface area is 169 Å². The average Bonchev–Trinajstić information content (AvgIpc) is 3.01. The summed E-state index contributed by atoms with van der Waals surface area (Å²) in [6, 6.07) is 22.8. The van der Waals surface area contributed by atoms with Crippen LogP contribution < -0.4 is 5.32 Å². The molecule has 0 unspecified atom stereocenters. The number of amides is 1. The van der Waals surface area contributed by atoms with E-state index in [-0.39, 0.29) is 12.5 Å². The van der Waals surface area contributed by atoms with Crippen molar-refractivity contribution in [2.24, 2.45) is 0 Å². The van der Waals surface area contributed by atoms with Gasteiger partial charge < -0.3 is 9.88 Å². The third-order valence-corrected chi connectivity index (χ3v) is 4.93. The Morgan fingerprint density at radius 1 is 1.04 bits per heavy atom. The van der Waals surface area contributed by atoms with Gasteiger partial charge in [-0.15, -0.1) is 0 Å². The molecule has 1 amide bonds. The van der Waals surface area contributed by atoms with Gasteiger partial charge in [0.25, 0.3) is 0 Å². The second-order valence-corrected chi connectivity index (χ2v) is 7.43. The second-order valence-electron chi connectivity index (χ2n) is 6.08. The summed E-state index contributed by atoms with van der Waals surface area (Å²) in [6.45, 7) is 0.151. The number of anilines is 1. The zero-order chi connectivity index (χ0) is 18.8. The van der Waals surface area contributed by atoms with E-state index in [2.05, 4.69) is 21.2 Å². The lowest BCUT2D eigenvalue weighted by atomic mass is 10.2. The van der Waals surface area contributed by atoms with Crippen LogP contribution in [0.15, 0.2) is 77.3 Å². The molecule has 0 fully saturated rings. The number of aromatic nitrogens is 2. The molecule has 0 spiro atoms. The highest BCUT2D eigenvalue weighted by atomic mass is 79.9. The van der Waals surface area contributed by atoms with Gasteiger partial charge in [-0.3, -0.25) is 4.79 Å². The number of fused-ring (bicyclic) bond motifs is 1. The summed E-state index contributed by atoms with van der Waals surface area (Å²) in [5.41, 5.74) is 3.38. The fourth-order valence-corrected chi connectivity index (χ4v) is 3.42. The van der Waals surface area contributed by atoms with Gasteiger partial charge in [0, 0.05) is 20.7 Å². The van der Waals surface area contributed by atoms with Gasteiger partial charge in [-0.2, -0.15) is 0 Å². The molecule has 4 rings (SSSR count). The summed E-state index contributed by atoms with van der Waals surface area (Å²) in [7, 11) is 0. The first-order valence-electron chi connectivity index (χ1n) is 8.37. The number of hydrogen-bond acceptors (Lipinski definition) is 2. The molecule has 0 radical (unpaired) electrons. The molecule has 0 saturated carbocycles. The van der Waals surface area contributed by atoms with E-state index in [4.69, 9.17) is 16.6 Å². The van der Waals surface area contributed by atoms with Gasteiger partial charge in [0.2, 0.25) is 5.91 Å². The molecule has 4 nitrogen and oxygen atoms in total. The van der Waals surface area contributed by atoms with Gasteiger partial charge in [0.05, 0.1) is 11.0 Å². The maximum absolute atomic E-state index is 12.7. The van der Waals surface area contributed by atoms with Crippen molar-refractivity contribution in [1.82, 2.24) is 9.55 Å². The van der Waals surface area contributed by atoms with Crippen LogP contribution in [0.3, 0.4) is 0 Å². The minimum Gasteiger partial charge on any atom is -0.324 e. The Morgan fingerprint density at radius 2 is 1.81 bits per heavy atom. The van der Waals surface area contributed by atoms with Crippen LogP contribution in [-0.4, -0.2) is 15.5 Å². The number of nitrogens with one attached hydrogen (secondary N) is 1. The van der Waals surface area contributed by atoms with Crippen molar-refractivity contribution in [3.63, 3.8) is 0 Å². The molecule has 6 heteroatoms. The van der Waals surface area contributed by atoms with Gasteiger partial charge in [-0.1, -0.05) is 57.9 Å². The fraction of sp³-hybridized carbons (Fsp3) is 0.0476. The number of carbonyl (C=O) groups excluding carboxylic acids is 1. The van der Waals surface area contributed by atoms with E-state index in [1.807, 2.05) is 59.2 Å². The van der Waals surface area contributed by atoms with Crippen LogP contribution in [0.1, 0.15) is 0 Å². The average molecular weight is 441 g/mol. The van der Waals surface area contributed by atoms with Crippen molar-refractivity contribution < 1.29 is 4.79 Å². The predicted molar refractivity (Wildman–Crippen MR) is 113 cm³/mol. The Kier molecular flexibility index (Phi) is 4.97. The summed E-state index contributed by atoms with van der Waals surface area (Å²) in [5, 5.41) is 3.47. The number of carbonyl (C=O) groups is 1. The van der Waals surface area contributed by atoms with Crippen LogP contribution in [0, 0.1) is 0 Å². The van der Waals surface area contributed by atoms with E-state index in [1.165, 1.54) is 0 Å². The van der Waals surface area contributed by atoms with Crippen molar-refractivity contribution in [3.8, 4) is 11.4 Å². The van der Waals surface area contributed by atoms with Crippen molar-refractivity contribution >= 4 is 50.2 Å². The number of hydrogen-bond donors (Lipinski definition) is 1. The SMILES string of the molecule is O=C(Cn1c(-c2ccc(Br)cc2)nc2ccccc21)Nc1cccc(Cl)c1. The lowest BCUT2D eigenvalue weighted by molar-refractivity contribution is -0.116. The maximum atomic E-state index is 12.7. The van der Waals surface area contributed by atoms with Gasteiger partial charge in [-0.25, -0.2) is 4.98 Å². The lowest BCUT2D eigenvalue weighted by Gasteiger charge is -2.10. The van der Waals surface area contributed by atoms with Crippen molar-refractivity contribution in [2.45, 2.75) is 6.54 Å². The Hall–Kier alpha value is -2.63. The van der Waals surface area contributed by atoms with Crippen molar-refractivity contribution in [1.29, 1.82) is 0 Å². The molecule has 27 heavy (non-hydrogen) atoms. The largest absolute Gasteiger partial charge is 0.324 e. The van der Waals surface area contributed by atoms with E-state index < -0.39 is 0 Å². The molecule has 3 aromatic carbocycles. The summed E-state index contributed by atoms with van der Waals surface area (Å²) in [6.07, 6.45) is 0. The van der Waals surface area contributed by atoms with E-state index in [1.54, 1.807) is 18.2 Å². The van der Waals surface area contributed by atoms with Crippen LogP contribution in [0.4, 0.5) is 5.69 Å². The topological polar surface area (TPSA) is 46.9 Å². The molecule has 1 N–H and O–H groups in total. The molecule has 0 saturated heterocycles. The first kappa shape index (κ1) is 17.8. The van der Waals surface area contributed by atoms with Gasteiger partial charge in [0.15, 0.2) is 0 Å². The highest BCUT2D eigenvalue weighted by Gasteiger charge is 2.15. The van der Waals surface area contributed by atoms with Crippen LogP contribution >= 0.6 is 27.5 Å². The van der Waals surface area contributed by atoms with Crippen molar-refractivity contribution in [3.05, 3.63) is 82.3 Å². The molecular formula is C21H15BrClN3O. The predicted octanol–water partition coefficient (Wildman–Crippen LogP) is 5.76. The van der Waals surface area contributed by atoms with Gasteiger partial charge in [-0.05, 0) is 42.5 Å². The van der Waals surface area contributed by atoms with E-state index in [0.717, 1.165) is 26.9 Å². The second kappa shape index (κ2) is 7.55. The molecule has 4 aromatic rings. The lowest BCUT2D eigenvalue weighted by Crippen LogP contribution is -2.19. The molecule has 134 valence electrons. The highest BCUT2D eigenvalue weighted by molar-refractivity contribution is 9.10. The van der Waals surface area contributed by atoms with Crippen LogP contribution in [0.25, 0.3) is 22.4 Å². The number of para-hydroxylation sites is 2. The summed E-state index contributed by atoms with van der Waals surface area (Å²) in [5.74, 6) is 0.615. The van der Waals surface area contributed by atoms with Crippen molar-refractivity contribution in [2.75, 3.05) is 5.32 Å². The molecule has 0 aliphatic heterocycles. The third kappa shape index (κ3) is 3.89. The number of imidazole rings is 1. The summed E-state index contributed by atoms with van der Waals surface area (Å²) in [4.78, 5) is 17.4. The zero-order valence-electron chi connectivity index (χ0n) is 14.2. The molecular weight excluding hydrogens is 426 g/mol. The highest BCUT2D eigenvalue weighted by Crippen LogP contribution is 2.26. The van der Waals surface area contributed by atoms with Crippen LogP contribution in [-0.2, 0) is 11.3 Å². The van der Waals surface area contributed by atoms with Crippen LogP contribution in [0.5, 0.6) is 0 Å². The van der Waals surface area contributed by atoms with Gasteiger partial charge in [0.1, 0.15) is 12.4 Å². The van der Waals surface area contributed by atoms with E-state index in [0.29, 0.717) is 10.7 Å². The monoisotopic (exact) mass is 439 g/mol. The first-order valence-corrected chi connectivity index (χ1v) is 9.54. The number of halogens is 2. The first-order chi connectivity index (χ1) is 13.1. The normalized spacial score (nSPS) is 10.9. The standard InChI is InChI=1S/C21H15BrClN3O/c22-15-10-8-14(9-11-15)21-25-18-6-1-2-7-19(18)26(21)13-20(27)24-17-5-3-4-16(23)12-17/h1-12H,13H2,(H,24,27). The molecule has 1 aromatic heterocycles. The molecule has 0 bridgehead atoms. The van der Waals surface area contributed by atoms with E-state index >= 15 is 0 Å². The number of nitrogens with zero attached hydrogens (tertiary/aromatic N) is 2. The molecule has 0 atom stereocenters.